The fraction of sp³-hybridized carbons (Fsp3) is 0.143. The van der Waals surface area contributed by atoms with E-state index in [0.717, 1.165) is 12.1 Å². The van der Waals surface area contributed by atoms with Crippen LogP contribution in [0.1, 0.15) is 16.5 Å². The van der Waals surface area contributed by atoms with Crippen molar-refractivity contribution in [3.05, 3.63) is 70.8 Å². The SMILES string of the molecule is Fc1ccccc1CC(Cl)c1cc(F)c(F)c(F)c1. The van der Waals surface area contributed by atoms with Crippen molar-refractivity contribution < 1.29 is 17.6 Å². The third kappa shape index (κ3) is 3.07. The molecule has 0 N–H and O–H groups in total. The Morgan fingerprint density at radius 1 is 0.895 bits per heavy atom. The number of rotatable bonds is 3. The van der Waals surface area contributed by atoms with Gasteiger partial charge in [-0.2, -0.15) is 0 Å². The van der Waals surface area contributed by atoms with Crippen LogP contribution in [0.25, 0.3) is 0 Å². The van der Waals surface area contributed by atoms with Crippen molar-refractivity contribution in [1.82, 2.24) is 0 Å². The molecule has 0 aliphatic rings. The molecule has 0 aromatic heterocycles. The van der Waals surface area contributed by atoms with Gasteiger partial charge in [0.1, 0.15) is 5.82 Å². The van der Waals surface area contributed by atoms with Crippen LogP contribution in [0.5, 0.6) is 0 Å². The lowest BCUT2D eigenvalue weighted by molar-refractivity contribution is 0.445. The van der Waals surface area contributed by atoms with Crippen LogP contribution in [0.2, 0.25) is 0 Å². The van der Waals surface area contributed by atoms with Gasteiger partial charge in [0.05, 0.1) is 5.38 Å². The summed E-state index contributed by atoms with van der Waals surface area (Å²) in [5, 5.41) is -0.846. The number of benzene rings is 2. The van der Waals surface area contributed by atoms with E-state index in [1.54, 1.807) is 6.07 Å². The van der Waals surface area contributed by atoms with Crippen molar-refractivity contribution in [2.24, 2.45) is 0 Å². The normalized spacial score (nSPS) is 12.5. The standard InChI is InChI=1S/C14H9ClF4/c15-10(5-8-3-1-2-4-11(8)16)9-6-12(17)14(19)13(18)7-9/h1-4,6-7,10H,5H2. The van der Waals surface area contributed by atoms with Gasteiger partial charge in [0.2, 0.25) is 0 Å². The maximum atomic E-state index is 13.4. The van der Waals surface area contributed by atoms with Gasteiger partial charge in [-0.3, -0.25) is 0 Å². The minimum Gasteiger partial charge on any atom is -0.207 e. The van der Waals surface area contributed by atoms with Gasteiger partial charge in [-0.1, -0.05) is 18.2 Å². The lowest BCUT2D eigenvalue weighted by Gasteiger charge is -2.11. The summed E-state index contributed by atoms with van der Waals surface area (Å²) in [6.07, 6.45) is 0.0543. The highest BCUT2D eigenvalue weighted by Gasteiger charge is 2.17. The van der Waals surface area contributed by atoms with E-state index >= 15 is 0 Å². The summed E-state index contributed by atoms with van der Waals surface area (Å²) in [7, 11) is 0. The van der Waals surface area contributed by atoms with Gasteiger partial charge in [0.25, 0.3) is 0 Å². The Bertz CT molecular complexity index is 575. The maximum Gasteiger partial charge on any atom is 0.194 e. The van der Waals surface area contributed by atoms with Crippen molar-refractivity contribution in [2.75, 3.05) is 0 Å². The molecule has 5 heteroatoms. The Kier molecular flexibility index (Phi) is 4.10. The zero-order valence-corrected chi connectivity index (χ0v) is 10.4. The number of hydrogen-bond donors (Lipinski definition) is 0. The Morgan fingerprint density at radius 3 is 2.05 bits per heavy atom. The van der Waals surface area contributed by atoms with Crippen LogP contribution in [-0.4, -0.2) is 0 Å². The van der Waals surface area contributed by atoms with Crippen LogP contribution >= 0.6 is 11.6 Å². The summed E-state index contributed by atoms with van der Waals surface area (Å²) < 4.78 is 52.4. The smallest absolute Gasteiger partial charge is 0.194 e. The van der Waals surface area contributed by atoms with Gasteiger partial charge in [0, 0.05) is 0 Å². The van der Waals surface area contributed by atoms with Gasteiger partial charge >= 0.3 is 0 Å². The molecule has 0 amide bonds. The van der Waals surface area contributed by atoms with Gasteiger partial charge in [0.15, 0.2) is 17.5 Å². The largest absolute Gasteiger partial charge is 0.207 e. The summed E-state index contributed by atoms with van der Waals surface area (Å²) in [6, 6.07) is 7.59. The molecule has 0 saturated heterocycles. The quantitative estimate of drug-likeness (QED) is 0.434. The van der Waals surface area contributed by atoms with Crippen LogP contribution < -0.4 is 0 Å². The Hall–Kier alpha value is -1.55. The molecule has 1 unspecified atom stereocenters. The molecular weight excluding hydrogens is 280 g/mol. The van der Waals surface area contributed by atoms with Crippen molar-refractivity contribution >= 4 is 11.6 Å². The molecule has 0 aliphatic heterocycles. The van der Waals surface area contributed by atoms with Crippen LogP contribution in [0.15, 0.2) is 36.4 Å². The lowest BCUT2D eigenvalue weighted by atomic mass is 10.0. The molecule has 1 atom stereocenters. The predicted molar refractivity (Wildman–Crippen MR) is 65.0 cm³/mol. The molecule has 2 aromatic carbocycles. The van der Waals surface area contributed by atoms with Crippen LogP contribution in [-0.2, 0) is 6.42 Å². The predicted octanol–water partition coefficient (Wildman–Crippen LogP) is 4.77. The summed E-state index contributed by atoms with van der Waals surface area (Å²) >= 11 is 5.99. The van der Waals surface area contributed by atoms with Gasteiger partial charge < -0.3 is 0 Å². The van der Waals surface area contributed by atoms with Gasteiger partial charge in [-0.15, -0.1) is 11.6 Å². The van der Waals surface area contributed by atoms with E-state index in [-0.39, 0.29) is 12.0 Å². The molecule has 0 fully saturated rings. The fourth-order valence-corrected chi connectivity index (χ4v) is 2.02. The van der Waals surface area contributed by atoms with E-state index in [1.165, 1.54) is 18.2 Å². The van der Waals surface area contributed by atoms with Crippen molar-refractivity contribution in [1.29, 1.82) is 0 Å². The average Bonchev–Trinajstić information content (AvgIpc) is 2.38. The van der Waals surface area contributed by atoms with Crippen molar-refractivity contribution in [3.8, 4) is 0 Å². The number of halogens is 5. The average molecular weight is 289 g/mol. The summed E-state index contributed by atoms with van der Waals surface area (Å²) in [4.78, 5) is 0. The molecule has 0 bridgehead atoms. The van der Waals surface area contributed by atoms with Crippen molar-refractivity contribution in [2.45, 2.75) is 11.8 Å². The number of hydrogen-bond acceptors (Lipinski definition) is 0. The minimum atomic E-state index is -1.54. The van der Waals surface area contributed by atoms with Gasteiger partial charge in [-0.05, 0) is 35.7 Å². The van der Waals surface area contributed by atoms with E-state index in [9.17, 15) is 17.6 Å². The first-order valence-corrected chi connectivity index (χ1v) is 5.94. The first-order chi connectivity index (χ1) is 8.99. The summed E-state index contributed by atoms with van der Waals surface area (Å²) in [6.45, 7) is 0. The second-order valence-electron chi connectivity index (χ2n) is 4.06. The van der Waals surface area contributed by atoms with Crippen molar-refractivity contribution in [3.63, 3.8) is 0 Å². The monoisotopic (exact) mass is 288 g/mol. The van der Waals surface area contributed by atoms with E-state index < -0.39 is 28.6 Å². The molecule has 0 aliphatic carbocycles. The van der Waals surface area contributed by atoms with Crippen LogP contribution in [0, 0.1) is 23.3 Å². The first kappa shape index (κ1) is 13.9. The Labute approximate surface area is 112 Å². The molecule has 100 valence electrons. The highest BCUT2D eigenvalue weighted by atomic mass is 35.5. The Morgan fingerprint density at radius 2 is 1.47 bits per heavy atom. The van der Waals surface area contributed by atoms with E-state index in [2.05, 4.69) is 0 Å². The molecule has 0 saturated carbocycles. The van der Waals surface area contributed by atoms with E-state index in [0.29, 0.717) is 5.56 Å². The fourth-order valence-electron chi connectivity index (χ4n) is 1.73. The zero-order valence-electron chi connectivity index (χ0n) is 9.64. The number of alkyl halides is 1. The minimum absolute atomic E-state index is 0.0543. The van der Waals surface area contributed by atoms with E-state index in [4.69, 9.17) is 11.6 Å². The van der Waals surface area contributed by atoms with Crippen LogP contribution in [0.3, 0.4) is 0 Å². The molecular formula is C14H9ClF4. The summed E-state index contributed by atoms with van der Waals surface area (Å²) in [5.74, 6) is -4.61. The molecule has 0 nitrogen and oxygen atoms in total. The second-order valence-corrected chi connectivity index (χ2v) is 4.59. The topological polar surface area (TPSA) is 0 Å². The highest BCUT2D eigenvalue weighted by Crippen LogP contribution is 2.28. The van der Waals surface area contributed by atoms with Gasteiger partial charge in [-0.25, -0.2) is 17.6 Å². The lowest BCUT2D eigenvalue weighted by Crippen LogP contribution is -2.01. The van der Waals surface area contributed by atoms with Crippen LogP contribution in [0.4, 0.5) is 17.6 Å². The zero-order chi connectivity index (χ0) is 14.0. The molecule has 0 heterocycles. The Balaban J connectivity index is 2.26. The third-order valence-electron chi connectivity index (χ3n) is 2.72. The molecule has 0 spiro atoms. The molecule has 0 radical (unpaired) electrons. The molecule has 19 heavy (non-hydrogen) atoms. The first-order valence-electron chi connectivity index (χ1n) is 5.51. The van der Waals surface area contributed by atoms with E-state index in [1.807, 2.05) is 0 Å². The second kappa shape index (κ2) is 5.61. The third-order valence-corrected chi connectivity index (χ3v) is 3.13. The maximum absolute atomic E-state index is 13.4. The molecule has 2 aromatic rings. The molecule has 2 rings (SSSR count). The summed E-state index contributed by atoms with van der Waals surface area (Å²) in [5.41, 5.74) is 0.397. The highest BCUT2D eigenvalue weighted by molar-refractivity contribution is 6.20.